The molecule has 0 aromatic heterocycles. The number of rotatable bonds is 2. The van der Waals surface area contributed by atoms with Crippen molar-refractivity contribution in [3.05, 3.63) is 33.8 Å². The molecule has 1 aromatic carbocycles. The molecule has 1 aliphatic carbocycles. The van der Waals surface area contributed by atoms with Gasteiger partial charge in [-0.1, -0.05) is 15.9 Å². The van der Waals surface area contributed by atoms with Crippen LogP contribution in [-0.4, -0.2) is 11.4 Å². The minimum absolute atomic E-state index is 0.165. The number of aryl methyl sites for hydroxylation is 1. The molecule has 1 aromatic rings. The van der Waals surface area contributed by atoms with Crippen LogP contribution in [0.15, 0.2) is 22.7 Å². The van der Waals surface area contributed by atoms with Crippen LogP contribution in [-0.2, 0) is 0 Å². The second-order valence-corrected chi connectivity index (χ2v) is 5.32. The lowest BCUT2D eigenvalue weighted by molar-refractivity contribution is 0.0881. The predicted molar refractivity (Wildman–Crippen MR) is 68.5 cm³/mol. The summed E-state index contributed by atoms with van der Waals surface area (Å²) >= 11 is 3.39. The molecule has 4 heteroatoms. The van der Waals surface area contributed by atoms with Gasteiger partial charge in [0.25, 0.3) is 5.91 Å². The minimum Gasteiger partial charge on any atom is -0.334 e. The van der Waals surface area contributed by atoms with Crippen LogP contribution in [0, 0.1) is 18.3 Å². The van der Waals surface area contributed by atoms with Gasteiger partial charge in [-0.2, -0.15) is 5.26 Å². The van der Waals surface area contributed by atoms with Crippen LogP contribution < -0.4 is 5.32 Å². The van der Waals surface area contributed by atoms with Crippen molar-refractivity contribution in [2.24, 2.45) is 0 Å². The molecule has 17 heavy (non-hydrogen) atoms. The third kappa shape index (κ3) is 2.34. The van der Waals surface area contributed by atoms with E-state index in [0.29, 0.717) is 5.56 Å². The highest BCUT2D eigenvalue weighted by molar-refractivity contribution is 9.10. The van der Waals surface area contributed by atoms with E-state index in [1.54, 1.807) is 6.07 Å². The molecule has 2 rings (SSSR count). The number of nitrogens with zero attached hydrogens (tertiary/aromatic N) is 1. The fourth-order valence-corrected chi connectivity index (χ4v) is 2.12. The van der Waals surface area contributed by atoms with Gasteiger partial charge in [0.05, 0.1) is 6.07 Å². The third-order valence-electron chi connectivity index (χ3n) is 3.19. The summed E-state index contributed by atoms with van der Waals surface area (Å²) in [5.41, 5.74) is 0.988. The highest BCUT2D eigenvalue weighted by atomic mass is 79.9. The van der Waals surface area contributed by atoms with Crippen LogP contribution in [0.1, 0.15) is 35.2 Å². The van der Waals surface area contributed by atoms with Gasteiger partial charge < -0.3 is 5.32 Å². The van der Waals surface area contributed by atoms with Gasteiger partial charge in [0.15, 0.2) is 0 Å². The first kappa shape index (κ1) is 12.1. The molecular formula is C13H13BrN2O. The van der Waals surface area contributed by atoms with E-state index in [1.807, 2.05) is 19.1 Å². The maximum absolute atomic E-state index is 12.0. The Morgan fingerprint density at radius 1 is 1.53 bits per heavy atom. The average Bonchev–Trinajstić information content (AvgIpc) is 2.27. The average molecular weight is 293 g/mol. The molecule has 0 atom stereocenters. The Bertz CT molecular complexity index is 501. The SMILES string of the molecule is Cc1cc(C(=O)NC2(C#N)CCC2)ccc1Br. The second-order valence-electron chi connectivity index (χ2n) is 4.47. The van der Waals surface area contributed by atoms with E-state index in [1.165, 1.54) is 0 Å². The number of hydrogen-bond acceptors (Lipinski definition) is 2. The highest BCUT2D eigenvalue weighted by Gasteiger charge is 2.38. The number of carbonyl (C=O) groups excluding carboxylic acids is 1. The van der Waals surface area contributed by atoms with Crippen LogP contribution in [0.4, 0.5) is 0 Å². The van der Waals surface area contributed by atoms with Crippen LogP contribution in [0.2, 0.25) is 0 Å². The molecule has 1 aliphatic rings. The van der Waals surface area contributed by atoms with Crippen LogP contribution in [0.5, 0.6) is 0 Å². The molecule has 1 saturated carbocycles. The maximum Gasteiger partial charge on any atom is 0.252 e. The van der Waals surface area contributed by atoms with Gasteiger partial charge in [0, 0.05) is 10.0 Å². The van der Waals surface area contributed by atoms with Crippen molar-refractivity contribution < 1.29 is 4.79 Å². The molecule has 3 nitrogen and oxygen atoms in total. The van der Waals surface area contributed by atoms with Crippen LogP contribution in [0.25, 0.3) is 0 Å². The van der Waals surface area contributed by atoms with Gasteiger partial charge in [0.1, 0.15) is 5.54 Å². The standard InChI is InChI=1S/C13H13BrN2O/c1-9-7-10(3-4-11(9)14)12(17)16-13(8-15)5-2-6-13/h3-4,7H,2,5-6H2,1H3,(H,16,17). The molecule has 1 fully saturated rings. The Labute approximate surface area is 109 Å². The highest BCUT2D eigenvalue weighted by Crippen LogP contribution is 2.31. The first-order chi connectivity index (χ1) is 8.06. The van der Waals surface area contributed by atoms with Crippen molar-refractivity contribution in [2.75, 3.05) is 0 Å². The largest absolute Gasteiger partial charge is 0.334 e. The molecule has 0 radical (unpaired) electrons. The molecule has 1 amide bonds. The van der Waals surface area contributed by atoms with E-state index >= 15 is 0 Å². The quantitative estimate of drug-likeness (QED) is 0.911. The number of nitriles is 1. The summed E-state index contributed by atoms with van der Waals surface area (Å²) in [6, 6.07) is 7.63. The lowest BCUT2D eigenvalue weighted by atomic mass is 9.78. The number of nitrogens with one attached hydrogen (secondary N) is 1. The third-order valence-corrected chi connectivity index (χ3v) is 4.08. The Morgan fingerprint density at radius 3 is 2.71 bits per heavy atom. The molecule has 0 spiro atoms. The molecule has 0 bridgehead atoms. The second kappa shape index (κ2) is 4.50. The van der Waals surface area contributed by atoms with E-state index in [-0.39, 0.29) is 5.91 Å². The number of hydrogen-bond donors (Lipinski definition) is 1. The lowest BCUT2D eigenvalue weighted by Crippen LogP contribution is -2.52. The van der Waals surface area contributed by atoms with Gasteiger partial charge in [-0.3, -0.25) is 4.79 Å². The fourth-order valence-electron chi connectivity index (χ4n) is 1.87. The van der Waals surface area contributed by atoms with E-state index < -0.39 is 5.54 Å². The fraction of sp³-hybridized carbons (Fsp3) is 0.385. The Balaban J connectivity index is 2.15. The normalized spacial score (nSPS) is 16.8. The summed E-state index contributed by atoms with van der Waals surface area (Å²) in [6.07, 6.45) is 2.52. The van der Waals surface area contributed by atoms with E-state index in [2.05, 4.69) is 27.3 Å². The Hall–Kier alpha value is -1.34. The summed E-state index contributed by atoms with van der Waals surface area (Å²) < 4.78 is 0.979. The van der Waals surface area contributed by atoms with Crippen molar-refractivity contribution in [1.29, 1.82) is 5.26 Å². The van der Waals surface area contributed by atoms with Gasteiger partial charge >= 0.3 is 0 Å². The molecule has 1 N–H and O–H groups in total. The number of carbonyl (C=O) groups is 1. The minimum atomic E-state index is -0.627. The molecule has 88 valence electrons. The maximum atomic E-state index is 12.0. The van der Waals surface area contributed by atoms with Gasteiger partial charge in [-0.15, -0.1) is 0 Å². The van der Waals surface area contributed by atoms with Gasteiger partial charge in [0.2, 0.25) is 0 Å². The topological polar surface area (TPSA) is 52.9 Å². The molecule has 0 saturated heterocycles. The predicted octanol–water partition coefficient (Wildman–Crippen LogP) is 2.93. The summed E-state index contributed by atoms with van der Waals surface area (Å²) in [4.78, 5) is 12.0. The van der Waals surface area contributed by atoms with Crippen molar-refractivity contribution in [2.45, 2.75) is 31.7 Å². The zero-order valence-corrected chi connectivity index (χ0v) is 11.2. The Kier molecular flexibility index (Phi) is 3.21. The lowest BCUT2D eigenvalue weighted by Gasteiger charge is -2.35. The molecule has 0 unspecified atom stereocenters. The summed E-state index contributed by atoms with van der Waals surface area (Å²) in [7, 11) is 0. The van der Waals surface area contributed by atoms with Crippen LogP contribution in [0.3, 0.4) is 0 Å². The van der Waals surface area contributed by atoms with E-state index in [0.717, 1.165) is 29.3 Å². The van der Waals surface area contributed by atoms with Crippen LogP contribution >= 0.6 is 15.9 Å². The number of amides is 1. The smallest absolute Gasteiger partial charge is 0.252 e. The molecular weight excluding hydrogens is 280 g/mol. The first-order valence-electron chi connectivity index (χ1n) is 5.56. The van der Waals surface area contributed by atoms with Gasteiger partial charge in [-0.05, 0) is 49.9 Å². The Morgan fingerprint density at radius 2 is 2.24 bits per heavy atom. The summed E-state index contributed by atoms with van der Waals surface area (Å²) in [5, 5.41) is 11.9. The van der Waals surface area contributed by atoms with E-state index in [4.69, 9.17) is 5.26 Å². The zero-order valence-electron chi connectivity index (χ0n) is 9.59. The zero-order chi connectivity index (χ0) is 12.5. The van der Waals surface area contributed by atoms with Crippen molar-refractivity contribution in [3.8, 4) is 6.07 Å². The monoisotopic (exact) mass is 292 g/mol. The molecule has 0 aliphatic heterocycles. The number of halogens is 1. The van der Waals surface area contributed by atoms with Crippen molar-refractivity contribution in [3.63, 3.8) is 0 Å². The summed E-state index contributed by atoms with van der Waals surface area (Å²) in [5.74, 6) is -0.165. The first-order valence-corrected chi connectivity index (χ1v) is 6.35. The van der Waals surface area contributed by atoms with Gasteiger partial charge in [-0.25, -0.2) is 0 Å². The summed E-state index contributed by atoms with van der Waals surface area (Å²) in [6.45, 7) is 1.93. The van der Waals surface area contributed by atoms with E-state index in [9.17, 15) is 4.79 Å². The van der Waals surface area contributed by atoms with Crippen molar-refractivity contribution >= 4 is 21.8 Å². The van der Waals surface area contributed by atoms with Crippen molar-refractivity contribution in [1.82, 2.24) is 5.32 Å². The molecule has 0 heterocycles. The number of benzene rings is 1.